The van der Waals surface area contributed by atoms with Crippen molar-refractivity contribution < 1.29 is 12.8 Å². The van der Waals surface area contributed by atoms with Gasteiger partial charge in [-0.15, -0.1) is 10.2 Å². The molecule has 4 aromatic rings. The minimum Gasteiger partial charge on any atom is -0.279 e. The fraction of sp³-hybridized carbons (Fsp3) is 0.105. The molecule has 30 heavy (non-hydrogen) atoms. The number of sulfone groups is 1. The number of hydrogen-bond donors (Lipinski definition) is 0. The third-order valence-corrected chi connectivity index (χ3v) is 6.86. The lowest BCUT2D eigenvalue weighted by Crippen LogP contribution is -2.21. The van der Waals surface area contributed by atoms with E-state index < -0.39 is 32.1 Å². The molecule has 0 atom stereocenters. The van der Waals surface area contributed by atoms with Crippen molar-refractivity contribution in [2.75, 3.05) is 0 Å². The van der Waals surface area contributed by atoms with Crippen molar-refractivity contribution >= 4 is 38.7 Å². The fourth-order valence-electron chi connectivity index (χ4n) is 3.03. The Morgan fingerprint density at radius 1 is 1.07 bits per heavy atom. The van der Waals surface area contributed by atoms with E-state index in [2.05, 4.69) is 10.2 Å². The van der Waals surface area contributed by atoms with E-state index in [0.29, 0.717) is 16.3 Å². The first-order chi connectivity index (χ1) is 14.2. The predicted octanol–water partition coefficient (Wildman–Crippen LogP) is 3.61. The lowest BCUT2D eigenvalue weighted by atomic mass is 10.2. The van der Waals surface area contributed by atoms with Crippen molar-refractivity contribution in [1.29, 1.82) is 0 Å². The maximum atomic E-state index is 13.2. The summed E-state index contributed by atoms with van der Waals surface area (Å²) < 4.78 is 41.4. The molecule has 2 aromatic heterocycles. The molecule has 0 unspecified atom stereocenters. The molecule has 0 aliphatic rings. The lowest BCUT2D eigenvalue weighted by molar-refractivity contribution is 0.583. The van der Waals surface area contributed by atoms with Gasteiger partial charge in [0.05, 0.1) is 11.4 Å². The Morgan fingerprint density at radius 3 is 2.57 bits per heavy atom. The molecule has 0 aliphatic heterocycles. The van der Waals surface area contributed by atoms with Gasteiger partial charge in [-0.25, -0.2) is 12.8 Å². The number of hydrogen-bond acceptors (Lipinski definition) is 5. The molecule has 7 nitrogen and oxygen atoms in total. The second-order valence-corrected chi connectivity index (χ2v) is 9.23. The Bertz CT molecular complexity index is 1460. The third-order valence-electron chi connectivity index (χ3n) is 4.58. The zero-order valence-corrected chi connectivity index (χ0v) is 17.7. The third kappa shape index (κ3) is 3.49. The highest BCUT2D eigenvalue weighted by Gasteiger charge is 2.25. The highest BCUT2D eigenvalue weighted by atomic mass is 35.5. The van der Waals surface area contributed by atoms with Crippen LogP contribution in [0.2, 0.25) is 10.0 Å². The van der Waals surface area contributed by atoms with E-state index in [1.165, 1.54) is 23.0 Å². The van der Waals surface area contributed by atoms with Gasteiger partial charge in [-0.3, -0.25) is 13.8 Å². The van der Waals surface area contributed by atoms with E-state index in [0.717, 1.165) is 16.5 Å². The number of rotatable bonds is 4. The minimum atomic E-state index is -4.03. The average molecular weight is 467 g/mol. The molecule has 2 heterocycles. The zero-order chi connectivity index (χ0) is 21.6. The van der Waals surface area contributed by atoms with Gasteiger partial charge >= 0.3 is 5.56 Å². The largest absolute Gasteiger partial charge is 0.300 e. The van der Waals surface area contributed by atoms with Crippen LogP contribution in [0.3, 0.4) is 0 Å². The molecule has 0 amide bonds. The molecule has 11 heteroatoms. The average Bonchev–Trinajstić information content (AvgIpc) is 3.13. The Morgan fingerprint density at radius 2 is 1.83 bits per heavy atom. The number of benzene rings is 2. The summed E-state index contributed by atoms with van der Waals surface area (Å²) in [6.07, 6.45) is 2.80. The van der Waals surface area contributed by atoms with E-state index in [9.17, 15) is 17.6 Å². The van der Waals surface area contributed by atoms with E-state index in [1.54, 1.807) is 25.1 Å². The van der Waals surface area contributed by atoms with E-state index in [-0.39, 0.29) is 16.2 Å². The zero-order valence-electron chi connectivity index (χ0n) is 15.4. The monoisotopic (exact) mass is 466 g/mol. The molecule has 0 saturated heterocycles. The first-order valence-electron chi connectivity index (χ1n) is 8.57. The molecule has 0 aliphatic carbocycles. The maximum Gasteiger partial charge on any atom is 0.300 e. The summed E-state index contributed by atoms with van der Waals surface area (Å²) in [6.45, 7) is 1.76. The quantitative estimate of drug-likeness (QED) is 0.458. The normalized spacial score (nSPS) is 11.9. The Kier molecular flexibility index (Phi) is 5.13. The van der Waals surface area contributed by atoms with Gasteiger partial charge < -0.3 is 0 Å². The van der Waals surface area contributed by atoms with E-state index in [4.69, 9.17) is 23.2 Å². The molecular formula is C19H13Cl2FN4O3S. The summed E-state index contributed by atoms with van der Waals surface area (Å²) in [5, 5.41) is 7.54. The van der Waals surface area contributed by atoms with Gasteiger partial charge in [0.2, 0.25) is 15.5 Å². The Hall–Kier alpha value is -2.75. The van der Waals surface area contributed by atoms with Crippen LogP contribution in [0, 0.1) is 12.7 Å². The first kappa shape index (κ1) is 20.5. The molecule has 0 N–H and O–H groups in total. The van der Waals surface area contributed by atoms with Crippen molar-refractivity contribution in [3.63, 3.8) is 0 Å². The molecule has 0 spiro atoms. The van der Waals surface area contributed by atoms with Gasteiger partial charge in [-0.2, -0.15) is 0 Å². The van der Waals surface area contributed by atoms with Gasteiger partial charge in [0.1, 0.15) is 5.82 Å². The van der Waals surface area contributed by atoms with Crippen LogP contribution in [0.5, 0.6) is 0 Å². The van der Waals surface area contributed by atoms with Gasteiger partial charge in [0.15, 0.2) is 0 Å². The SMILES string of the molecule is Cc1c(Cl)cccc1-n1ccn2c(S(=O)(=O)Cc3ccc(F)cc3Cl)nnc2c1=O. The van der Waals surface area contributed by atoms with Crippen LogP contribution in [0.15, 0.2) is 58.7 Å². The molecule has 0 fully saturated rings. The summed E-state index contributed by atoms with van der Waals surface area (Å²) in [5.41, 5.74) is 0.708. The Balaban J connectivity index is 1.81. The van der Waals surface area contributed by atoms with Crippen molar-refractivity contribution in [1.82, 2.24) is 19.2 Å². The van der Waals surface area contributed by atoms with Gasteiger partial charge in [0.25, 0.3) is 5.16 Å². The fourth-order valence-corrected chi connectivity index (χ4v) is 4.92. The van der Waals surface area contributed by atoms with Crippen LogP contribution in [-0.4, -0.2) is 27.6 Å². The molecule has 0 radical (unpaired) electrons. The van der Waals surface area contributed by atoms with Crippen LogP contribution in [0.25, 0.3) is 11.3 Å². The highest BCUT2D eigenvalue weighted by Crippen LogP contribution is 2.24. The van der Waals surface area contributed by atoms with Gasteiger partial charge in [0, 0.05) is 22.4 Å². The van der Waals surface area contributed by atoms with Crippen molar-refractivity contribution in [3.05, 3.63) is 86.1 Å². The van der Waals surface area contributed by atoms with Crippen molar-refractivity contribution in [3.8, 4) is 5.69 Å². The molecule has 0 bridgehead atoms. The minimum absolute atomic E-state index is 0.0221. The first-order valence-corrected chi connectivity index (χ1v) is 11.0. The van der Waals surface area contributed by atoms with Gasteiger partial charge in [-0.1, -0.05) is 35.3 Å². The van der Waals surface area contributed by atoms with E-state index in [1.807, 2.05) is 0 Å². The molecule has 4 rings (SSSR count). The predicted molar refractivity (Wildman–Crippen MR) is 111 cm³/mol. The number of fused-ring (bicyclic) bond motifs is 1. The smallest absolute Gasteiger partial charge is 0.279 e. The number of halogens is 3. The molecular weight excluding hydrogens is 454 g/mol. The second kappa shape index (κ2) is 7.50. The maximum absolute atomic E-state index is 13.2. The highest BCUT2D eigenvalue weighted by molar-refractivity contribution is 7.90. The standard InChI is InChI=1S/C19H13Cl2FN4O3S/c1-11-14(20)3-2-4-16(11)25-7-8-26-17(18(25)27)23-24-19(26)30(28,29)10-12-5-6-13(22)9-15(12)21/h2-9H,10H2,1H3. The van der Waals surface area contributed by atoms with Crippen LogP contribution in [0.4, 0.5) is 4.39 Å². The van der Waals surface area contributed by atoms with Crippen molar-refractivity contribution in [2.24, 2.45) is 0 Å². The number of aromatic nitrogens is 4. The van der Waals surface area contributed by atoms with Crippen LogP contribution >= 0.6 is 23.2 Å². The lowest BCUT2D eigenvalue weighted by Gasteiger charge is -2.10. The molecule has 2 aromatic carbocycles. The summed E-state index contributed by atoms with van der Waals surface area (Å²) >= 11 is 12.1. The van der Waals surface area contributed by atoms with Crippen LogP contribution in [-0.2, 0) is 15.6 Å². The van der Waals surface area contributed by atoms with Crippen LogP contribution in [0.1, 0.15) is 11.1 Å². The number of nitrogens with zero attached hydrogens (tertiary/aromatic N) is 4. The molecule has 154 valence electrons. The summed E-state index contributed by atoms with van der Waals surface area (Å²) in [7, 11) is -4.03. The van der Waals surface area contributed by atoms with Crippen molar-refractivity contribution in [2.45, 2.75) is 17.8 Å². The summed E-state index contributed by atoms with van der Waals surface area (Å²) in [6, 6.07) is 8.54. The summed E-state index contributed by atoms with van der Waals surface area (Å²) in [5.74, 6) is -1.10. The summed E-state index contributed by atoms with van der Waals surface area (Å²) in [4.78, 5) is 12.9. The topological polar surface area (TPSA) is 86.3 Å². The van der Waals surface area contributed by atoms with Gasteiger partial charge in [-0.05, 0) is 42.3 Å². The van der Waals surface area contributed by atoms with Crippen LogP contribution < -0.4 is 5.56 Å². The Labute approximate surface area is 180 Å². The molecule has 0 saturated carbocycles. The second-order valence-electron chi connectivity index (χ2n) is 6.53. The van der Waals surface area contributed by atoms with E-state index >= 15 is 0 Å².